The van der Waals surface area contributed by atoms with Gasteiger partial charge < -0.3 is 14.6 Å². The molecule has 1 amide bonds. The summed E-state index contributed by atoms with van der Waals surface area (Å²) in [4.78, 5) is 24.6. The fraction of sp³-hybridized carbons (Fsp3) is 0.833. The van der Waals surface area contributed by atoms with Gasteiger partial charge in [0.15, 0.2) is 0 Å². The first kappa shape index (κ1) is 14.8. The van der Waals surface area contributed by atoms with Crippen LogP contribution in [0.4, 0.5) is 4.79 Å². The number of methoxy groups -OCH3 is 1. The molecule has 0 aromatic carbocycles. The number of hydrogen-bond donors (Lipinski definition) is 1. The molecular weight excluding hydrogens is 238 g/mol. The average Bonchev–Trinajstić information content (AvgIpc) is 2.54. The highest BCUT2D eigenvalue weighted by atomic mass is 16.6. The summed E-state index contributed by atoms with van der Waals surface area (Å²) in [6.45, 7) is 6.97. The van der Waals surface area contributed by atoms with Crippen LogP contribution in [0, 0.1) is 0 Å². The Morgan fingerprint density at radius 3 is 2.33 bits per heavy atom. The van der Waals surface area contributed by atoms with Crippen LogP contribution in [0.3, 0.4) is 0 Å². The summed E-state index contributed by atoms with van der Waals surface area (Å²) in [6, 6.07) is 0. The lowest BCUT2D eigenvalue weighted by molar-refractivity contribution is -0.148. The Kier molecular flexibility index (Phi) is 3.90. The van der Waals surface area contributed by atoms with Gasteiger partial charge in [-0.25, -0.2) is 9.59 Å². The van der Waals surface area contributed by atoms with Gasteiger partial charge in [0.05, 0.1) is 12.6 Å². The highest BCUT2D eigenvalue weighted by Gasteiger charge is 2.51. The topological polar surface area (TPSA) is 76.1 Å². The van der Waals surface area contributed by atoms with Crippen LogP contribution >= 0.6 is 0 Å². The Balaban J connectivity index is 2.91. The summed E-state index contributed by atoms with van der Waals surface area (Å²) in [5.41, 5.74) is -1.93. The maximum absolute atomic E-state index is 12.0. The average molecular weight is 259 g/mol. The first-order chi connectivity index (χ1) is 8.10. The molecule has 1 aliphatic rings. The maximum Gasteiger partial charge on any atom is 0.411 e. The second kappa shape index (κ2) is 4.76. The van der Waals surface area contributed by atoms with Crippen molar-refractivity contribution in [3.63, 3.8) is 0 Å². The fourth-order valence-electron chi connectivity index (χ4n) is 1.98. The maximum atomic E-state index is 12.0. The minimum absolute atomic E-state index is 0.230. The van der Waals surface area contributed by atoms with Gasteiger partial charge in [-0.15, -0.1) is 0 Å². The molecule has 6 heteroatoms. The molecule has 18 heavy (non-hydrogen) atoms. The molecule has 1 fully saturated rings. The lowest BCUT2D eigenvalue weighted by Gasteiger charge is -2.32. The summed E-state index contributed by atoms with van der Waals surface area (Å²) in [6.07, 6.45) is -0.636. The van der Waals surface area contributed by atoms with Crippen molar-refractivity contribution in [3.05, 3.63) is 0 Å². The molecule has 0 aromatic rings. The van der Waals surface area contributed by atoms with E-state index in [1.165, 1.54) is 18.9 Å². The third-order valence-electron chi connectivity index (χ3n) is 3.02. The third-order valence-corrected chi connectivity index (χ3v) is 3.02. The number of ether oxygens (including phenoxy) is 2. The molecule has 6 nitrogen and oxygen atoms in total. The van der Waals surface area contributed by atoms with E-state index in [1.807, 2.05) is 0 Å². The Hall–Kier alpha value is -1.30. The number of carboxylic acid groups (broad SMARTS) is 1. The van der Waals surface area contributed by atoms with Gasteiger partial charge in [-0.3, -0.25) is 4.90 Å². The van der Waals surface area contributed by atoms with Crippen LogP contribution < -0.4 is 0 Å². The van der Waals surface area contributed by atoms with Crippen molar-refractivity contribution in [2.24, 2.45) is 0 Å². The molecule has 0 bridgehead atoms. The minimum atomic E-state index is -1.27. The zero-order valence-electron chi connectivity index (χ0n) is 11.5. The summed E-state index contributed by atoms with van der Waals surface area (Å²) < 4.78 is 10.4. The molecular formula is C12H21NO5. The standard InChI is InChI=1S/C12H21NO5/c1-11(2,3)18-10(16)13-7-8(17-5)6-12(13,4)9(14)15/h8H,6-7H2,1-5H3,(H,14,15)/t8-,12?/m1/s1. The molecule has 0 spiro atoms. The van der Waals surface area contributed by atoms with Crippen LogP contribution in [-0.2, 0) is 14.3 Å². The highest BCUT2D eigenvalue weighted by molar-refractivity contribution is 5.85. The van der Waals surface area contributed by atoms with E-state index in [0.29, 0.717) is 0 Å². The van der Waals surface area contributed by atoms with Gasteiger partial charge in [0.25, 0.3) is 0 Å². The number of carbonyl (C=O) groups is 2. The van der Waals surface area contributed by atoms with Gasteiger partial charge in [-0.1, -0.05) is 0 Å². The summed E-state index contributed by atoms with van der Waals surface area (Å²) in [7, 11) is 1.51. The Morgan fingerprint density at radius 2 is 1.94 bits per heavy atom. The number of amides is 1. The van der Waals surface area contributed by atoms with Gasteiger partial charge in [-0.05, 0) is 27.7 Å². The molecule has 1 N–H and O–H groups in total. The SMILES string of the molecule is CO[C@H]1CN(C(=O)OC(C)(C)C)C(C)(C(=O)O)C1. The molecule has 104 valence electrons. The van der Waals surface area contributed by atoms with Crippen molar-refractivity contribution in [3.8, 4) is 0 Å². The van der Waals surface area contributed by atoms with E-state index in [4.69, 9.17) is 9.47 Å². The monoisotopic (exact) mass is 259 g/mol. The third kappa shape index (κ3) is 2.93. The Labute approximate surface area is 107 Å². The Bertz CT molecular complexity index is 349. The predicted molar refractivity (Wildman–Crippen MR) is 64.4 cm³/mol. The second-order valence-electron chi connectivity index (χ2n) is 5.73. The van der Waals surface area contributed by atoms with Crippen LogP contribution in [0.15, 0.2) is 0 Å². The largest absolute Gasteiger partial charge is 0.480 e. The number of likely N-dealkylation sites (tertiary alicyclic amines) is 1. The zero-order chi connectivity index (χ0) is 14.1. The molecule has 1 rings (SSSR count). The van der Waals surface area contributed by atoms with Gasteiger partial charge in [0, 0.05) is 13.5 Å². The lowest BCUT2D eigenvalue weighted by Crippen LogP contribution is -2.52. The molecule has 1 unspecified atom stereocenters. The molecule has 1 aliphatic heterocycles. The molecule has 2 atom stereocenters. The van der Waals surface area contributed by atoms with Crippen molar-refractivity contribution in [1.82, 2.24) is 4.90 Å². The number of aliphatic carboxylic acids is 1. The van der Waals surface area contributed by atoms with E-state index >= 15 is 0 Å². The quantitative estimate of drug-likeness (QED) is 0.813. The van der Waals surface area contributed by atoms with E-state index in [2.05, 4.69) is 0 Å². The van der Waals surface area contributed by atoms with Gasteiger partial charge in [-0.2, -0.15) is 0 Å². The molecule has 1 heterocycles. The summed E-state index contributed by atoms with van der Waals surface area (Å²) in [5, 5.41) is 9.30. The summed E-state index contributed by atoms with van der Waals surface area (Å²) >= 11 is 0. The van der Waals surface area contributed by atoms with Crippen LogP contribution in [-0.4, -0.2) is 53.0 Å². The number of hydrogen-bond acceptors (Lipinski definition) is 4. The smallest absolute Gasteiger partial charge is 0.411 e. The van der Waals surface area contributed by atoms with Crippen molar-refractivity contribution < 1.29 is 24.2 Å². The number of rotatable bonds is 2. The van der Waals surface area contributed by atoms with E-state index in [0.717, 1.165) is 0 Å². The molecule has 0 radical (unpaired) electrons. The normalized spacial score (nSPS) is 28.3. The molecule has 0 aliphatic carbocycles. The van der Waals surface area contributed by atoms with Crippen LogP contribution in [0.1, 0.15) is 34.1 Å². The molecule has 0 aromatic heterocycles. The first-order valence-corrected chi connectivity index (χ1v) is 5.87. The van der Waals surface area contributed by atoms with E-state index in [9.17, 15) is 14.7 Å². The van der Waals surface area contributed by atoms with Crippen molar-refractivity contribution in [2.45, 2.75) is 51.4 Å². The second-order valence-corrected chi connectivity index (χ2v) is 5.73. The van der Waals surface area contributed by atoms with Crippen molar-refractivity contribution >= 4 is 12.1 Å². The lowest BCUT2D eigenvalue weighted by atomic mass is 9.99. The molecule has 1 saturated heterocycles. The highest BCUT2D eigenvalue weighted by Crippen LogP contribution is 2.32. The van der Waals surface area contributed by atoms with Crippen LogP contribution in [0.2, 0.25) is 0 Å². The van der Waals surface area contributed by atoms with Crippen molar-refractivity contribution in [2.75, 3.05) is 13.7 Å². The van der Waals surface area contributed by atoms with Crippen molar-refractivity contribution in [1.29, 1.82) is 0 Å². The first-order valence-electron chi connectivity index (χ1n) is 5.87. The predicted octanol–water partition coefficient (Wildman–Crippen LogP) is 1.49. The molecule has 0 saturated carbocycles. The fourth-order valence-corrected chi connectivity index (χ4v) is 1.98. The van der Waals surface area contributed by atoms with Crippen LogP contribution in [0.25, 0.3) is 0 Å². The number of carbonyl (C=O) groups excluding carboxylic acids is 1. The van der Waals surface area contributed by atoms with E-state index in [1.54, 1.807) is 20.8 Å². The van der Waals surface area contributed by atoms with Gasteiger partial charge in [0.2, 0.25) is 0 Å². The van der Waals surface area contributed by atoms with Crippen LogP contribution in [0.5, 0.6) is 0 Å². The van der Waals surface area contributed by atoms with E-state index in [-0.39, 0.29) is 19.1 Å². The number of carboxylic acids is 1. The Morgan fingerprint density at radius 1 is 1.39 bits per heavy atom. The van der Waals surface area contributed by atoms with Gasteiger partial charge in [0.1, 0.15) is 11.1 Å². The number of nitrogens with zero attached hydrogens (tertiary/aromatic N) is 1. The minimum Gasteiger partial charge on any atom is -0.480 e. The zero-order valence-corrected chi connectivity index (χ0v) is 11.5. The van der Waals surface area contributed by atoms with E-state index < -0.39 is 23.2 Å². The summed E-state index contributed by atoms with van der Waals surface area (Å²) in [5.74, 6) is -1.05. The van der Waals surface area contributed by atoms with Gasteiger partial charge >= 0.3 is 12.1 Å².